The van der Waals surface area contributed by atoms with Crippen LogP contribution in [0.3, 0.4) is 0 Å². The van der Waals surface area contributed by atoms with Gasteiger partial charge in [-0.3, -0.25) is 4.99 Å². The maximum atomic E-state index is 14.0. The lowest BCUT2D eigenvalue weighted by Gasteiger charge is -2.38. The lowest BCUT2D eigenvalue weighted by Crippen LogP contribution is -2.52. The monoisotopic (exact) mass is 362 g/mol. The number of piperazine rings is 1. The number of halogens is 2. The van der Waals surface area contributed by atoms with E-state index in [0.29, 0.717) is 17.2 Å². The van der Waals surface area contributed by atoms with Gasteiger partial charge < -0.3 is 9.80 Å². The zero-order valence-electron chi connectivity index (χ0n) is 14.3. The van der Waals surface area contributed by atoms with Crippen molar-refractivity contribution in [3.8, 4) is 0 Å². The third-order valence-corrected chi connectivity index (χ3v) is 4.95. The first-order valence-corrected chi connectivity index (χ1v) is 8.82. The van der Waals surface area contributed by atoms with E-state index >= 15 is 0 Å². The lowest BCUT2D eigenvalue weighted by atomic mass is 10.2. The van der Waals surface area contributed by atoms with E-state index in [0.717, 1.165) is 38.4 Å². The molecule has 1 atom stereocenters. The Balaban J connectivity index is 1.84. The van der Waals surface area contributed by atoms with Gasteiger partial charge in [0.1, 0.15) is 5.82 Å². The summed E-state index contributed by atoms with van der Waals surface area (Å²) in [7, 11) is 2.11. The molecule has 25 heavy (non-hydrogen) atoms. The summed E-state index contributed by atoms with van der Waals surface area (Å²) in [5.74, 6) is 0.986. The number of aliphatic imine (C=N–C) groups is 2. The van der Waals surface area contributed by atoms with Gasteiger partial charge >= 0.3 is 0 Å². The Morgan fingerprint density at radius 1 is 1.16 bits per heavy atom. The molecule has 4 rings (SSSR count). The highest BCUT2D eigenvalue weighted by molar-refractivity contribution is 6.47. The van der Waals surface area contributed by atoms with Gasteiger partial charge in [0.2, 0.25) is 0 Å². The van der Waals surface area contributed by atoms with Crippen LogP contribution in [-0.2, 0) is 0 Å². The molecule has 1 aromatic carbocycles. The van der Waals surface area contributed by atoms with Crippen molar-refractivity contribution >= 4 is 40.9 Å². The molecule has 3 aliphatic heterocycles. The number of benzene rings is 1. The summed E-state index contributed by atoms with van der Waals surface area (Å²) in [5.41, 5.74) is 1.19. The molecule has 0 aliphatic carbocycles. The van der Waals surface area contributed by atoms with Crippen molar-refractivity contribution in [2.75, 3.05) is 38.2 Å². The third-order valence-electron chi connectivity index (χ3n) is 4.66. The Morgan fingerprint density at radius 2 is 1.92 bits per heavy atom. The number of nitrogens with zero attached hydrogens (tertiary/aromatic N) is 6. The van der Waals surface area contributed by atoms with Gasteiger partial charge in [-0.2, -0.15) is 5.10 Å². The van der Waals surface area contributed by atoms with E-state index in [2.05, 4.69) is 21.9 Å². The van der Waals surface area contributed by atoms with Gasteiger partial charge in [0.15, 0.2) is 11.7 Å². The molecular weight excluding hydrogens is 343 g/mol. The highest BCUT2D eigenvalue weighted by atomic mass is 35.5. The van der Waals surface area contributed by atoms with Crippen molar-refractivity contribution in [2.24, 2.45) is 15.1 Å². The number of hydrogen-bond acceptors (Lipinski definition) is 6. The SMILES string of the molecule is CC1CC=NN2C(=N1)C(N1CCN(C)CC1)=Nc1cc(Cl)c(F)cc12. The molecule has 1 unspecified atom stereocenters. The van der Waals surface area contributed by atoms with Crippen molar-refractivity contribution in [3.05, 3.63) is 23.0 Å². The fraction of sp³-hybridized carbons (Fsp3) is 0.471. The number of hydrogen-bond donors (Lipinski definition) is 0. The van der Waals surface area contributed by atoms with Gasteiger partial charge in [0.05, 0.1) is 22.4 Å². The van der Waals surface area contributed by atoms with Crippen molar-refractivity contribution in [3.63, 3.8) is 0 Å². The van der Waals surface area contributed by atoms with E-state index in [4.69, 9.17) is 21.6 Å². The molecule has 3 heterocycles. The quantitative estimate of drug-likeness (QED) is 0.713. The summed E-state index contributed by atoms with van der Waals surface area (Å²) in [6.45, 7) is 5.70. The topological polar surface area (TPSA) is 46.8 Å². The number of amidine groups is 2. The van der Waals surface area contributed by atoms with E-state index in [1.165, 1.54) is 6.07 Å². The highest BCUT2D eigenvalue weighted by Gasteiger charge is 2.33. The highest BCUT2D eigenvalue weighted by Crippen LogP contribution is 2.38. The van der Waals surface area contributed by atoms with Gasteiger partial charge in [-0.1, -0.05) is 11.6 Å². The van der Waals surface area contributed by atoms with Crippen LogP contribution in [0, 0.1) is 5.82 Å². The summed E-state index contributed by atoms with van der Waals surface area (Å²) in [6.07, 6.45) is 2.56. The predicted molar refractivity (Wildman–Crippen MR) is 100 cm³/mol. The summed E-state index contributed by atoms with van der Waals surface area (Å²) >= 11 is 5.98. The molecule has 8 heteroatoms. The zero-order valence-corrected chi connectivity index (χ0v) is 15.0. The van der Waals surface area contributed by atoms with E-state index in [9.17, 15) is 4.39 Å². The van der Waals surface area contributed by atoms with Gasteiger partial charge in [0.25, 0.3) is 0 Å². The summed E-state index contributed by atoms with van der Waals surface area (Å²) < 4.78 is 14.0. The van der Waals surface area contributed by atoms with Crippen LogP contribution in [0.15, 0.2) is 27.2 Å². The largest absolute Gasteiger partial charge is 0.351 e. The van der Waals surface area contributed by atoms with Crippen molar-refractivity contribution in [2.45, 2.75) is 19.4 Å². The van der Waals surface area contributed by atoms with Crippen LogP contribution in [0.1, 0.15) is 13.3 Å². The first-order valence-electron chi connectivity index (χ1n) is 8.45. The fourth-order valence-corrected chi connectivity index (χ4v) is 3.32. The summed E-state index contributed by atoms with van der Waals surface area (Å²) in [5, 5.41) is 6.27. The maximum Gasteiger partial charge on any atom is 0.193 e. The molecule has 132 valence electrons. The molecule has 0 spiro atoms. The van der Waals surface area contributed by atoms with Gasteiger partial charge in [-0.15, -0.1) is 0 Å². The molecule has 1 aromatic rings. The van der Waals surface area contributed by atoms with Crippen molar-refractivity contribution < 1.29 is 4.39 Å². The number of fused-ring (bicyclic) bond motifs is 3. The Labute approximate surface area is 151 Å². The van der Waals surface area contributed by atoms with E-state index in [1.54, 1.807) is 11.1 Å². The molecule has 1 fully saturated rings. The number of rotatable bonds is 0. The zero-order chi connectivity index (χ0) is 17.6. The average Bonchev–Trinajstić information content (AvgIpc) is 2.78. The molecule has 3 aliphatic rings. The van der Waals surface area contributed by atoms with E-state index < -0.39 is 5.82 Å². The van der Waals surface area contributed by atoms with Crippen molar-refractivity contribution in [1.82, 2.24) is 9.80 Å². The first-order chi connectivity index (χ1) is 12.0. The molecule has 6 nitrogen and oxygen atoms in total. The molecular formula is C17H20ClFN6. The molecule has 1 saturated heterocycles. The van der Waals surface area contributed by atoms with Gasteiger partial charge in [0, 0.05) is 44.9 Å². The molecule has 0 aromatic heterocycles. The predicted octanol–water partition coefficient (Wildman–Crippen LogP) is 2.75. The number of likely N-dealkylation sites (N-methyl/N-ethyl adjacent to an activating group) is 1. The molecule has 0 amide bonds. The fourth-order valence-electron chi connectivity index (χ4n) is 3.16. The van der Waals surface area contributed by atoms with Crippen LogP contribution < -0.4 is 5.01 Å². The minimum atomic E-state index is -0.481. The molecule has 0 bridgehead atoms. The Bertz CT molecular complexity index is 782. The second-order valence-corrected chi connectivity index (χ2v) is 7.04. The van der Waals surface area contributed by atoms with Crippen LogP contribution >= 0.6 is 11.6 Å². The van der Waals surface area contributed by atoms with Crippen LogP contribution in [0.4, 0.5) is 15.8 Å². The van der Waals surface area contributed by atoms with Crippen LogP contribution in [0.25, 0.3) is 0 Å². The Morgan fingerprint density at radius 3 is 2.68 bits per heavy atom. The summed E-state index contributed by atoms with van der Waals surface area (Å²) in [4.78, 5) is 14.1. The van der Waals surface area contributed by atoms with Crippen LogP contribution in [0.2, 0.25) is 5.02 Å². The minimum absolute atomic E-state index is 0.0628. The Kier molecular flexibility index (Phi) is 4.21. The maximum absolute atomic E-state index is 14.0. The molecule has 0 N–H and O–H groups in total. The second kappa shape index (κ2) is 6.38. The molecule has 0 saturated carbocycles. The van der Waals surface area contributed by atoms with Crippen LogP contribution in [0.5, 0.6) is 0 Å². The first kappa shape index (κ1) is 16.5. The van der Waals surface area contributed by atoms with Gasteiger partial charge in [-0.25, -0.2) is 14.4 Å². The smallest absolute Gasteiger partial charge is 0.193 e. The Hall–Kier alpha value is -1.99. The number of hydrazone groups is 1. The second-order valence-electron chi connectivity index (χ2n) is 6.63. The standard InChI is InChI=1S/C17H20ClFN6/c1-11-3-4-20-25-15-10-13(19)12(18)9-14(15)22-16(17(25)21-11)24-7-5-23(2)6-8-24/h4,9-11H,3,5-8H2,1-2H3. The minimum Gasteiger partial charge on any atom is -0.351 e. The molecule has 0 radical (unpaired) electrons. The average molecular weight is 363 g/mol. The van der Waals surface area contributed by atoms with E-state index in [-0.39, 0.29) is 11.1 Å². The van der Waals surface area contributed by atoms with Crippen molar-refractivity contribution in [1.29, 1.82) is 0 Å². The summed E-state index contributed by atoms with van der Waals surface area (Å²) in [6, 6.07) is 3.04. The van der Waals surface area contributed by atoms with Crippen LogP contribution in [-0.4, -0.2) is 67.0 Å². The third kappa shape index (κ3) is 3.02. The number of anilines is 1. The van der Waals surface area contributed by atoms with Gasteiger partial charge in [-0.05, 0) is 20.0 Å². The lowest BCUT2D eigenvalue weighted by molar-refractivity contribution is 0.217. The van der Waals surface area contributed by atoms with E-state index in [1.807, 2.05) is 13.1 Å². The normalized spacial score (nSPS) is 23.6.